The fraction of sp³-hybridized carbons (Fsp3) is 0. The molecule has 3 nitrogen and oxygen atoms in total. The molecule has 0 aliphatic rings. The zero-order valence-electron chi connectivity index (χ0n) is 4.75. The van der Waals surface area contributed by atoms with Crippen LogP contribution in [0.4, 0.5) is 0 Å². The highest BCUT2D eigenvalue weighted by Crippen LogP contribution is 2.29. The molecule has 10 heavy (non-hydrogen) atoms. The summed E-state index contributed by atoms with van der Waals surface area (Å²) in [6.07, 6.45) is 0. The van der Waals surface area contributed by atoms with Gasteiger partial charge in [0.2, 0.25) is 0 Å². The van der Waals surface area contributed by atoms with E-state index in [4.69, 9.17) is 5.11 Å². The molecule has 0 aliphatic carbocycles. The first kappa shape index (κ1) is 5.94. The van der Waals surface area contributed by atoms with Gasteiger partial charge in [-0.25, -0.2) is 0 Å². The Hall–Kier alpha value is -0.810. The predicted octanol–water partition coefficient (Wildman–Crippen LogP) is 1.36. The van der Waals surface area contributed by atoms with Crippen molar-refractivity contribution in [2.45, 2.75) is 0 Å². The van der Waals surface area contributed by atoms with Gasteiger partial charge in [-0.05, 0) is 0 Å². The lowest BCUT2D eigenvalue weighted by Crippen LogP contribution is -1.88. The molecule has 0 unspecified atom stereocenters. The second kappa shape index (κ2) is 1.83. The highest BCUT2D eigenvalue weighted by molar-refractivity contribution is 7.27. The van der Waals surface area contributed by atoms with Crippen molar-refractivity contribution in [2.75, 3.05) is 0 Å². The third kappa shape index (κ3) is 0.748. The fourth-order valence-corrected chi connectivity index (χ4v) is 2.49. The smallest absolute Gasteiger partial charge is 0.306 e. The van der Waals surface area contributed by atoms with Gasteiger partial charge in [-0.3, -0.25) is 4.79 Å². The molecule has 0 spiro atoms. The fourth-order valence-electron chi connectivity index (χ4n) is 0.743. The number of thiophene rings is 1. The van der Waals surface area contributed by atoms with Crippen LogP contribution in [0, 0.1) is 0 Å². The molecule has 0 aliphatic heterocycles. The minimum Gasteiger partial charge on any atom is -0.499 e. The van der Waals surface area contributed by atoms with Crippen LogP contribution in [0.1, 0.15) is 0 Å². The van der Waals surface area contributed by atoms with E-state index >= 15 is 0 Å². The van der Waals surface area contributed by atoms with Gasteiger partial charge in [0, 0.05) is 6.07 Å². The van der Waals surface area contributed by atoms with E-state index in [0.717, 1.165) is 20.9 Å². The Labute approximate surface area is 63.6 Å². The first-order valence-corrected chi connectivity index (χ1v) is 4.20. The van der Waals surface area contributed by atoms with Crippen LogP contribution in [-0.2, 0) is 0 Å². The lowest BCUT2D eigenvalue weighted by atomic mass is 10.6. The maximum atomic E-state index is 10.6. The first-order chi connectivity index (χ1) is 4.75. The second-order valence-corrected chi connectivity index (χ2v) is 3.84. The highest BCUT2D eigenvalue weighted by atomic mass is 32.1. The molecular weight excluding hydrogens is 170 g/mol. The summed E-state index contributed by atoms with van der Waals surface area (Å²) in [7, 11) is 0. The molecule has 0 bridgehead atoms. The number of aromatic amines is 1. The van der Waals surface area contributed by atoms with Gasteiger partial charge in [-0.2, -0.15) is 0 Å². The zero-order chi connectivity index (χ0) is 7.14. The van der Waals surface area contributed by atoms with Gasteiger partial charge in [-0.1, -0.05) is 22.7 Å². The van der Waals surface area contributed by atoms with Crippen molar-refractivity contribution in [1.29, 1.82) is 0 Å². The van der Waals surface area contributed by atoms with Crippen molar-refractivity contribution in [3.63, 3.8) is 0 Å². The van der Waals surface area contributed by atoms with Crippen LogP contribution in [0.25, 0.3) is 9.53 Å². The van der Waals surface area contributed by atoms with Crippen molar-refractivity contribution in [3.05, 3.63) is 15.7 Å². The molecule has 2 rings (SSSR count). The molecule has 2 aromatic heterocycles. The largest absolute Gasteiger partial charge is 0.499 e. The molecule has 52 valence electrons. The lowest BCUT2D eigenvalue weighted by Gasteiger charge is -1.71. The number of rotatable bonds is 0. The van der Waals surface area contributed by atoms with Crippen LogP contribution in [-0.4, -0.2) is 10.1 Å². The number of hydrogen-bond donors (Lipinski definition) is 2. The summed E-state index contributed by atoms with van der Waals surface area (Å²) in [5.74, 6) is 0. The van der Waals surface area contributed by atoms with Crippen molar-refractivity contribution in [3.8, 4) is 5.06 Å². The SMILES string of the molecule is O=c1[nH]c2sc(O)cc2s1. The van der Waals surface area contributed by atoms with Gasteiger partial charge in [0.05, 0.1) is 4.70 Å². The molecule has 0 fully saturated rings. The lowest BCUT2D eigenvalue weighted by molar-refractivity contribution is 0.491. The minimum absolute atomic E-state index is 0.0683. The van der Waals surface area contributed by atoms with Gasteiger partial charge in [0.1, 0.15) is 4.83 Å². The second-order valence-electron chi connectivity index (χ2n) is 1.79. The summed E-state index contributed by atoms with van der Waals surface area (Å²) in [5.41, 5.74) is 0. The normalized spacial score (nSPS) is 10.8. The van der Waals surface area contributed by atoms with Crippen molar-refractivity contribution in [2.24, 2.45) is 0 Å². The molecule has 2 N–H and O–H groups in total. The van der Waals surface area contributed by atoms with E-state index < -0.39 is 0 Å². The number of fused-ring (bicyclic) bond motifs is 1. The zero-order valence-corrected chi connectivity index (χ0v) is 6.38. The molecule has 0 amide bonds. The summed E-state index contributed by atoms with van der Waals surface area (Å²) < 4.78 is 0.826. The molecule has 0 radical (unpaired) electrons. The Kier molecular flexibility index (Phi) is 1.09. The van der Waals surface area contributed by atoms with E-state index in [2.05, 4.69) is 4.98 Å². The van der Waals surface area contributed by atoms with Crippen LogP contribution in [0.5, 0.6) is 5.06 Å². The topological polar surface area (TPSA) is 53.1 Å². The Balaban J connectivity index is 2.95. The number of thiazole rings is 1. The van der Waals surface area contributed by atoms with Crippen LogP contribution in [0.15, 0.2) is 10.9 Å². The first-order valence-electron chi connectivity index (χ1n) is 2.57. The molecule has 0 saturated carbocycles. The van der Waals surface area contributed by atoms with E-state index in [1.807, 2.05) is 0 Å². The average Bonchev–Trinajstić information content (AvgIpc) is 2.21. The molecule has 5 heteroatoms. The summed E-state index contributed by atoms with van der Waals surface area (Å²) >= 11 is 2.30. The highest BCUT2D eigenvalue weighted by Gasteiger charge is 2.02. The summed E-state index contributed by atoms with van der Waals surface area (Å²) in [5, 5.41) is 9.19. The predicted molar refractivity (Wildman–Crippen MR) is 42.0 cm³/mol. The van der Waals surface area contributed by atoms with Gasteiger partial charge in [0.15, 0.2) is 5.06 Å². The third-order valence-corrected chi connectivity index (χ3v) is 2.91. The number of H-pyrrole nitrogens is 1. The maximum absolute atomic E-state index is 10.6. The molecule has 2 heterocycles. The monoisotopic (exact) mass is 173 g/mol. The Morgan fingerprint density at radius 3 is 3.00 bits per heavy atom. The standard InChI is InChI=1S/C5H3NO2S2/c7-3-1-2-4(10-3)6-5(8)9-2/h1,7H,(H,6,8). The molecule has 0 aromatic carbocycles. The molecule has 2 aromatic rings. The quantitative estimate of drug-likeness (QED) is 0.632. The number of aromatic hydroxyl groups is 1. The average molecular weight is 173 g/mol. The van der Waals surface area contributed by atoms with Gasteiger partial charge < -0.3 is 10.1 Å². The maximum Gasteiger partial charge on any atom is 0.306 e. The van der Waals surface area contributed by atoms with Crippen LogP contribution in [0.2, 0.25) is 0 Å². The number of aromatic nitrogens is 1. The van der Waals surface area contributed by atoms with E-state index in [1.54, 1.807) is 6.07 Å². The summed E-state index contributed by atoms with van der Waals surface area (Å²) in [4.78, 5) is 13.9. The summed E-state index contributed by atoms with van der Waals surface area (Å²) in [6.45, 7) is 0. The van der Waals surface area contributed by atoms with E-state index in [9.17, 15) is 4.79 Å². The number of nitrogens with one attached hydrogen (secondary N) is 1. The van der Waals surface area contributed by atoms with Crippen LogP contribution < -0.4 is 4.87 Å². The van der Waals surface area contributed by atoms with E-state index in [0.29, 0.717) is 0 Å². The third-order valence-electron chi connectivity index (χ3n) is 1.10. The number of hydrogen-bond acceptors (Lipinski definition) is 4. The Morgan fingerprint density at radius 2 is 2.30 bits per heavy atom. The van der Waals surface area contributed by atoms with Crippen LogP contribution >= 0.6 is 22.7 Å². The molecule has 0 saturated heterocycles. The minimum atomic E-state index is -0.0683. The van der Waals surface area contributed by atoms with Crippen molar-refractivity contribution in [1.82, 2.24) is 4.98 Å². The molecular formula is C5H3NO2S2. The molecule has 0 atom stereocenters. The Bertz CT molecular complexity index is 376. The van der Waals surface area contributed by atoms with Gasteiger partial charge in [0.25, 0.3) is 0 Å². The van der Waals surface area contributed by atoms with E-state index in [-0.39, 0.29) is 9.94 Å². The van der Waals surface area contributed by atoms with Crippen LogP contribution in [0.3, 0.4) is 0 Å². The van der Waals surface area contributed by atoms with Gasteiger partial charge >= 0.3 is 4.87 Å². The van der Waals surface area contributed by atoms with Crippen molar-refractivity contribution < 1.29 is 5.11 Å². The summed E-state index contributed by atoms with van der Waals surface area (Å²) in [6, 6.07) is 1.59. The Morgan fingerprint density at radius 1 is 1.50 bits per heavy atom. The van der Waals surface area contributed by atoms with Gasteiger partial charge in [-0.15, -0.1) is 0 Å². The van der Waals surface area contributed by atoms with E-state index in [1.165, 1.54) is 11.3 Å². The van der Waals surface area contributed by atoms with Crippen molar-refractivity contribution >= 4 is 32.2 Å².